The van der Waals surface area contributed by atoms with E-state index in [4.69, 9.17) is 9.47 Å². The molecule has 0 fully saturated rings. The number of unbranched alkanes of at least 4 members (excludes halogenated alkanes) is 20. The van der Waals surface area contributed by atoms with Crippen LogP contribution in [-0.2, 0) is 19.1 Å². The molecule has 0 bridgehead atoms. The fourth-order valence-corrected chi connectivity index (χ4v) is 6.71. The number of rotatable bonds is 44. The van der Waals surface area contributed by atoms with E-state index in [0.717, 1.165) is 89.9 Å². The van der Waals surface area contributed by atoms with Crippen LogP contribution >= 0.6 is 0 Å². The Labute approximate surface area is 370 Å². The number of esters is 2. The third kappa shape index (κ3) is 47.5. The van der Waals surface area contributed by atoms with Crippen LogP contribution in [0.25, 0.3) is 0 Å². The van der Waals surface area contributed by atoms with E-state index in [1.54, 1.807) is 0 Å². The Bertz CT molecular complexity index is 1170. The first kappa shape index (κ1) is 56.8. The van der Waals surface area contributed by atoms with Crippen molar-refractivity contribution in [2.75, 3.05) is 13.2 Å². The van der Waals surface area contributed by atoms with Crippen LogP contribution in [0.2, 0.25) is 0 Å². The summed E-state index contributed by atoms with van der Waals surface area (Å²) in [5.74, 6) is -0.640. The summed E-state index contributed by atoms with van der Waals surface area (Å²) in [4.78, 5) is 24.4. The molecule has 1 unspecified atom stereocenters. The van der Waals surface area contributed by atoms with Gasteiger partial charge in [-0.2, -0.15) is 0 Å². The molecule has 0 heterocycles. The second-order valence-electron chi connectivity index (χ2n) is 16.1. The number of carbonyl (C=O) groups excluding carboxylic acids is 2. The minimum atomic E-state index is -0.793. The average Bonchev–Trinajstić information content (AvgIpc) is 3.25. The van der Waals surface area contributed by atoms with Crippen LogP contribution in [0.5, 0.6) is 0 Å². The maximum atomic E-state index is 12.3. The van der Waals surface area contributed by atoms with Gasteiger partial charge in [-0.15, -0.1) is 0 Å². The second kappa shape index (κ2) is 50.2. The van der Waals surface area contributed by atoms with Gasteiger partial charge in [-0.25, -0.2) is 0 Å². The molecular weight excluding hydrogens is 741 g/mol. The van der Waals surface area contributed by atoms with E-state index in [2.05, 4.69) is 111 Å². The quantitative estimate of drug-likeness (QED) is 0.0376. The first-order valence-corrected chi connectivity index (χ1v) is 24.8. The highest BCUT2D eigenvalue weighted by molar-refractivity contribution is 5.70. The third-order valence-electron chi connectivity index (χ3n) is 10.4. The van der Waals surface area contributed by atoms with E-state index in [1.807, 2.05) is 0 Å². The Morgan fingerprint density at radius 1 is 0.383 bits per heavy atom. The van der Waals surface area contributed by atoms with E-state index in [0.29, 0.717) is 12.8 Å². The van der Waals surface area contributed by atoms with Crippen molar-refractivity contribution in [3.8, 4) is 0 Å². The van der Waals surface area contributed by atoms with Crippen molar-refractivity contribution in [2.24, 2.45) is 0 Å². The molecule has 0 aliphatic heterocycles. The molecule has 5 heteroatoms. The van der Waals surface area contributed by atoms with Crippen LogP contribution in [0.3, 0.4) is 0 Å². The van der Waals surface area contributed by atoms with Gasteiger partial charge in [-0.3, -0.25) is 9.59 Å². The van der Waals surface area contributed by atoms with Crippen LogP contribution < -0.4 is 0 Å². The highest BCUT2D eigenvalue weighted by Gasteiger charge is 2.16. The zero-order chi connectivity index (χ0) is 43.5. The highest BCUT2D eigenvalue weighted by atomic mass is 16.6. The molecule has 0 aromatic carbocycles. The maximum absolute atomic E-state index is 12.3. The van der Waals surface area contributed by atoms with Crippen LogP contribution in [0.1, 0.15) is 219 Å². The lowest BCUT2D eigenvalue weighted by atomic mass is 10.0. The van der Waals surface area contributed by atoms with Gasteiger partial charge in [0, 0.05) is 12.8 Å². The zero-order valence-electron chi connectivity index (χ0n) is 38.9. The zero-order valence-corrected chi connectivity index (χ0v) is 38.9. The largest absolute Gasteiger partial charge is 0.462 e. The molecule has 0 rings (SSSR count). The van der Waals surface area contributed by atoms with E-state index >= 15 is 0 Å². The second-order valence-corrected chi connectivity index (χ2v) is 16.1. The molecule has 0 saturated heterocycles. The number of allylic oxidation sites excluding steroid dienone is 16. The first-order valence-electron chi connectivity index (χ1n) is 24.8. The fraction of sp³-hybridized carbons (Fsp3) is 0.673. The lowest BCUT2D eigenvalue weighted by Crippen LogP contribution is -2.28. The Hall–Kier alpha value is -3.18. The van der Waals surface area contributed by atoms with Crippen LogP contribution in [-0.4, -0.2) is 36.4 Å². The van der Waals surface area contributed by atoms with Crippen molar-refractivity contribution < 1.29 is 24.2 Å². The molecule has 0 aliphatic rings. The van der Waals surface area contributed by atoms with E-state index in [-0.39, 0.29) is 25.2 Å². The summed E-state index contributed by atoms with van der Waals surface area (Å²) in [6.45, 7) is 3.88. The van der Waals surface area contributed by atoms with Crippen LogP contribution in [0.4, 0.5) is 0 Å². The minimum absolute atomic E-state index is 0.0904. The normalized spacial score (nSPS) is 13.1. The number of aliphatic hydroxyl groups excluding tert-OH is 1. The molecule has 1 N–H and O–H groups in total. The molecule has 0 aromatic heterocycles. The van der Waals surface area contributed by atoms with E-state index in [9.17, 15) is 14.7 Å². The summed E-state index contributed by atoms with van der Waals surface area (Å²) in [7, 11) is 0. The molecule has 60 heavy (non-hydrogen) atoms. The van der Waals surface area contributed by atoms with Crippen molar-refractivity contribution in [3.05, 3.63) is 97.2 Å². The molecular formula is C55H92O5. The number of hydrogen-bond acceptors (Lipinski definition) is 5. The smallest absolute Gasteiger partial charge is 0.306 e. The first-order chi connectivity index (χ1) is 29.6. The number of ether oxygens (including phenoxy) is 2. The molecule has 0 amide bonds. The summed E-state index contributed by atoms with van der Waals surface area (Å²) in [5.41, 5.74) is 0. The molecule has 0 spiro atoms. The van der Waals surface area contributed by atoms with Crippen molar-refractivity contribution in [1.29, 1.82) is 0 Å². The van der Waals surface area contributed by atoms with Gasteiger partial charge in [0.1, 0.15) is 6.61 Å². The lowest BCUT2D eigenvalue weighted by molar-refractivity contribution is -0.161. The van der Waals surface area contributed by atoms with E-state index in [1.165, 1.54) is 103 Å². The SMILES string of the molecule is CC/C=C\C/C=C\C/C=C\C/C=C\CCCCCCCCCCCCCCCCCCCCC(=O)OC(CO)COC(=O)CCCC/C=C\C/C=C\C/C=C\C/C=C\CC. The Morgan fingerprint density at radius 3 is 1.03 bits per heavy atom. The predicted octanol–water partition coefficient (Wildman–Crippen LogP) is 16.4. The standard InChI is InChI=1S/C55H92O5/c1-3-5-7-9-11-13-15-17-19-20-21-22-23-24-25-26-27-28-29-30-31-32-33-34-36-38-40-42-44-46-48-50-55(58)60-53(51-56)52-59-54(57)49-47-45-43-41-39-37-35-18-16-14-12-10-8-6-4-2/h5-8,11-14,17-19,21-22,35,39,41,53,56H,3-4,9-10,15-16,20,23-34,36-38,40,42-52H2,1-2H3/b7-5-,8-6-,13-11-,14-12-,19-17-,22-21-,35-18-,41-39-. The van der Waals surface area contributed by atoms with Crippen molar-refractivity contribution in [1.82, 2.24) is 0 Å². The van der Waals surface area contributed by atoms with Crippen LogP contribution in [0, 0.1) is 0 Å². The van der Waals surface area contributed by atoms with Gasteiger partial charge in [-0.05, 0) is 89.9 Å². The number of hydrogen-bond donors (Lipinski definition) is 1. The lowest BCUT2D eigenvalue weighted by Gasteiger charge is -2.15. The Morgan fingerprint density at radius 2 is 0.667 bits per heavy atom. The Kier molecular flexibility index (Phi) is 47.5. The van der Waals surface area contributed by atoms with Gasteiger partial charge in [0.05, 0.1) is 6.61 Å². The van der Waals surface area contributed by atoms with Crippen molar-refractivity contribution in [2.45, 2.75) is 225 Å². The fourth-order valence-electron chi connectivity index (χ4n) is 6.71. The third-order valence-corrected chi connectivity index (χ3v) is 10.4. The van der Waals surface area contributed by atoms with Gasteiger partial charge in [0.15, 0.2) is 6.10 Å². The average molecular weight is 833 g/mol. The monoisotopic (exact) mass is 833 g/mol. The Balaban J connectivity index is 3.51. The number of aliphatic hydroxyl groups is 1. The van der Waals surface area contributed by atoms with Gasteiger partial charge in [-0.1, -0.05) is 214 Å². The van der Waals surface area contributed by atoms with Gasteiger partial charge in [0.25, 0.3) is 0 Å². The van der Waals surface area contributed by atoms with Gasteiger partial charge < -0.3 is 14.6 Å². The van der Waals surface area contributed by atoms with Crippen molar-refractivity contribution >= 4 is 11.9 Å². The minimum Gasteiger partial charge on any atom is -0.462 e. The molecule has 0 aromatic rings. The molecule has 0 saturated carbocycles. The highest BCUT2D eigenvalue weighted by Crippen LogP contribution is 2.15. The topological polar surface area (TPSA) is 72.8 Å². The number of carbonyl (C=O) groups is 2. The predicted molar refractivity (Wildman–Crippen MR) is 260 cm³/mol. The summed E-state index contributed by atoms with van der Waals surface area (Å²) >= 11 is 0. The molecule has 5 nitrogen and oxygen atoms in total. The van der Waals surface area contributed by atoms with Gasteiger partial charge >= 0.3 is 11.9 Å². The van der Waals surface area contributed by atoms with Crippen LogP contribution in [0.15, 0.2) is 97.2 Å². The van der Waals surface area contributed by atoms with Crippen molar-refractivity contribution in [3.63, 3.8) is 0 Å². The van der Waals surface area contributed by atoms with Gasteiger partial charge in [0.2, 0.25) is 0 Å². The molecule has 1 atom stereocenters. The maximum Gasteiger partial charge on any atom is 0.306 e. The van der Waals surface area contributed by atoms with E-state index < -0.39 is 6.10 Å². The molecule has 0 radical (unpaired) electrons. The summed E-state index contributed by atoms with van der Waals surface area (Å²) in [6, 6.07) is 0. The molecule has 342 valence electrons. The summed E-state index contributed by atoms with van der Waals surface area (Å²) < 4.78 is 10.6. The summed E-state index contributed by atoms with van der Waals surface area (Å²) in [6.07, 6.45) is 70.8. The summed E-state index contributed by atoms with van der Waals surface area (Å²) in [5, 5.41) is 9.60. The molecule has 0 aliphatic carbocycles.